The van der Waals surface area contributed by atoms with Crippen LogP contribution in [0.1, 0.15) is 28.8 Å². The number of aromatic nitrogens is 1. The van der Waals surface area contributed by atoms with Crippen LogP contribution in [0, 0.1) is 11.6 Å². The molecule has 0 saturated heterocycles. The normalized spacial score (nSPS) is 13.5. The molecule has 0 atom stereocenters. The fourth-order valence-corrected chi connectivity index (χ4v) is 3.07. The first-order valence-corrected chi connectivity index (χ1v) is 9.02. The second-order valence-electron chi connectivity index (χ2n) is 6.70. The van der Waals surface area contributed by atoms with Gasteiger partial charge in [-0.15, -0.1) is 0 Å². The molecule has 3 N–H and O–H groups in total. The van der Waals surface area contributed by atoms with Crippen LogP contribution in [0.4, 0.5) is 8.78 Å². The van der Waals surface area contributed by atoms with E-state index in [9.17, 15) is 28.4 Å². The number of rotatable bonds is 6. The molecule has 0 bridgehead atoms. The molecular weight excluding hydrogens is 381 g/mol. The SMILES string of the molecule is O=C(NCC1=CCCC(B(O)O)=C1)c1cccn(Cc2ccc(F)c(F)c2)c1=O. The number of nitrogens with zero attached hydrogens (tertiary/aromatic N) is 1. The molecule has 1 amide bonds. The summed E-state index contributed by atoms with van der Waals surface area (Å²) in [6.07, 6.45) is 6.10. The molecule has 1 aromatic heterocycles. The monoisotopic (exact) mass is 400 g/mol. The van der Waals surface area contributed by atoms with E-state index in [-0.39, 0.29) is 18.7 Å². The zero-order valence-electron chi connectivity index (χ0n) is 15.4. The minimum Gasteiger partial charge on any atom is -0.423 e. The van der Waals surface area contributed by atoms with Crippen molar-refractivity contribution in [3.8, 4) is 0 Å². The number of benzene rings is 1. The number of nitrogens with one attached hydrogen (secondary N) is 1. The van der Waals surface area contributed by atoms with E-state index in [1.165, 1.54) is 29.0 Å². The smallest absolute Gasteiger partial charge is 0.423 e. The summed E-state index contributed by atoms with van der Waals surface area (Å²) < 4.78 is 27.7. The molecule has 1 aliphatic carbocycles. The standard InChI is InChI=1S/C20H19BF2N2O4/c22-17-7-6-14(10-18(17)23)12-25-8-2-5-16(20(25)27)19(26)24-11-13-3-1-4-15(9-13)21(28)29/h2-3,5-10,28-29H,1,4,11-12H2,(H,24,26). The van der Waals surface area contributed by atoms with E-state index in [4.69, 9.17) is 0 Å². The van der Waals surface area contributed by atoms with Gasteiger partial charge < -0.3 is 19.9 Å². The Morgan fingerprint density at radius 3 is 2.72 bits per heavy atom. The van der Waals surface area contributed by atoms with Crippen LogP contribution in [0.5, 0.6) is 0 Å². The summed E-state index contributed by atoms with van der Waals surface area (Å²) in [6.45, 7) is 0.120. The Kier molecular flexibility index (Phi) is 6.41. The molecule has 1 aromatic carbocycles. The lowest BCUT2D eigenvalue weighted by molar-refractivity contribution is 0.0955. The van der Waals surface area contributed by atoms with Gasteiger partial charge in [0.05, 0.1) is 6.54 Å². The second kappa shape index (κ2) is 8.98. The number of allylic oxidation sites excluding steroid dienone is 2. The summed E-state index contributed by atoms with van der Waals surface area (Å²) in [6, 6.07) is 6.26. The first-order chi connectivity index (χ1) is 13.8. The molecule has 6 nitrogen and oxygen atoms in total. The van der Waals surface area contributed by atoms with Gasteiger partial charge in [-0.25, -0.2) is 8.78 Å². The molecule has 0 unspecified atom stereocenters. The van der Waals surface area contributed by atoms with E-state index >= 15 is 0 Å². The maximum atomic E-state index is 13.4. The van der Waals surface area contributed by atoms with E-state index in [1.807, 2.05) is 6.08 Å². The topological polar surface area (TPSA) is 91.6 Å². The number of carbonyl (C=O) groups is 1. The average Bonchev–Trinajstić information content (AvgIpc) is 2.70. The van der Waals surface area contributed by atoms with Gasteiger partial charge in [-0.3, -0.25) is 9.59 Å². The highest BCUT2D eigenvalue weighted by Crippen LogP contribution is 2.17. The quantitative estimate of drug-likeness (QED) is 0.642. The summed E-state index contributed by atoms with van der Waals surface area (Å²) in [5, 5.41) is 21.1. The van der Waals surface area contributed by atoms with Crippen LogP contribution >= 0.6 is 0 Å². The molecule has 0 spiro atoms. The van der Waals surface area contributed by atoms with Crippen LogP contribution in [0.25, 0.3) is 0 Å². The molecule has 29 heavy (non-hydrogen) atoms. The molecule has 0 aliphatic heterocycles. The molecule has 150 valence electrons. The summed E-state index contributed by atoms with van der Waals surface area (Å²) in [7, 11) is -1.54. The lowest BCUT2D eigenvalue weighted by Crippen LogP contribution is -2.34. The highest BCUT2D eigenvalue weighted by atomic mass is 19.2. The van der Waals surface area contributed by atoms with E-state index in [0.29, 0.717) is 29.5 Å². The first kappa shape index (κ1) is 20.7. The Labute approximate surface area is 166 Å². The number of hydrogen-bond donors (Lipinski definition) is 3. The Hall–Kier alpha value is -3.04. The Morgan fingerprint density at radius 1 is 1.21 bits per heavy atom. The largest absolute Gasteiger partial charge is 0.484 e. The number of pyridine rings is 1. The summed E-state index contributed by atoms with van der Waals surface area (Å²) in [5.74, 6) is -2.57. The summed E-state index contributed by atoms with van der Waals surface area (Å²) >= 11 is 0. The van der Waals surface area contributed by atoms with Gasteiger partial charge in [-0.05, 0) is 53.7 Å². The molecule has 1 heterocycles. The van der Waals surface area contributed by atoms with Crippen molar-refractivity contribution in [3.63, 3.8) is 0 Å². The maximum absolute atomic E-state index is 13.4. The van der Waals surface area contributed by atoms with Crippen molar-refractivity contribution in [2.24, 2.45) is 0 Å². The minimum absolute atomic E-state index is 0.0111. The van der Waals surface area contributed by atoms with Gasteiger partial charge in [0.2, 0.25) is 0 Å². The summed E-state index contributed by atoms with van der Waals surface area (Å²) in [5.41, 5.74) is 0.916. The first-order valence-electron chi connectivity index (χ1n) is 9.02. The number of carbonyl (C=O) groups excluding carboxylic acids is 1. The third-order valence-electron chi connectivity index (χ3n) is 4.60. The van der Waals surface area contributed by atoms with Gasteiger partial charge in [0.25, 0.3) is 11.5 Å². The van der Waals surface area contributed by atoms with Gasteiger partial charge in [0.15, 0.2) is 11.6 Å². The zero-order valence-corrected chi connectivity index (χ0v) is 15.4. The average molecular weight is 400 g/mol. The zero-order chi connectivity index (χ0) is 21.0. The van der Waals surface area contributed by atoms with Gasteiger partial charge in [-0.1, -0.05) is 18.2 Å². The molecule has 0 saturated carbocycles. The van der Waals surface area contributed by atoms with Gasteiger partial charge in [0, 0.05) is 12.7 Å². The fourth-order valence-electron chi connectivity index (χ4n) is 3.07. The van der Waals surface area contributed by atoms with Crippen molar-refractivity contribution in [3.05, 3.63) is 92.8 Å². The van der Waals surface area contributed by atoms with E-state index < -0.39 is 30.2 Å². The van der Waals surface area contributed by atoms with E-state index in [2.05, 4.69) is 5.32 Å². The Bertz CT molecular complexity index is 1050. The predicted octanol–water partition coefficient (Wildman–Crippen LogP) is 1.56. The van der Waals surface area contributed by atoms with Crippen LogP contribution in [0.2, 0.25) is 0 Å². The van der Waals surface area contributed by atoms with Gasteiger partial charge in [-0.2, -0.15) is 0 Å². The van der Waals surface area contributed by atoms with Crippen molar-refractivity contribution in [1.82, 2.24) is 9.88 Å². The predicted molar refractivity (Wildman–Crippen MR) is 104 cm³/mol. The molecular formula is C20H19BF2N2O4. The second-order valence-corrected chi connectivity index (χ2v) is 6.70. The van der Waals surface area contributed by atoms with Crippen LogP contribution in [-0.4, -0.2) is 34.2 Å². The molecule has 0 fully saturated rings. The van der Waals surface area contributed by atoms with Crippen molar-refractivity contribution >= 4 is 13.0 Å². The third-order valence-corrected chi connectivity index (χ3v) is 4.60. The number of halogens is 2. The highest BCUT2D eigenvalue weighted by molar-refractivity contribution is 6.50. The maximum Gasteiger partial charge on any atom is 0.484 e. The summed E-state index contributed by atoms with van der Waals surface area (Å²) in [4.78, 5) is 25.0. The van der Waals surface area contributed by atoms with Crippen LogP contribution in [-0.2, 0) is 6.54 Å². The molecule has 1 aliphatic rings. The molecule has 3 rings (SSSR count). The number of hydrogen-bond acceptors (Lipinski definition) is 4. The molecule has 0 radical (unpaired) electrons. The Balaban J connectivity index is 1.71. The lowest BCUT2D eigenvalue weighted by Gasteiger charge is -2.14. The van der Waals surface area contributed by atoms with Gasteiger partial charge >= 0.3 is 7.12 Å². The fraction of sp³-hybridized carbons (Fsp3) is 0.200. The van der Waals surface area contributed by atoms with Crippen LogP contribution < -0.4 is 10.9 Å². The third kappa shape index (κ3) is 5.07. The lowest BCUT2D eigenvalue weighted by atomic mass is 9.74. The van der Waals surface area contributed by atoms with E-state index in [1.54, 1.807) is 6.08 Å². The van der Waals surface area contributed by atoms with Crippen molar-refractivity contribution in [1.29, 1.82) is 0 Å². The minimum atomic E-state index is -1.54. The Morgan fingerprint density at radius 2 is 2.00 bits per heavy atom. The van der Waals surface area contributed by atoms with Gasteiger partial charge in [0.1, 0.15) is 5.56 Å². The van der Waals surface area contributed by atoms with Crippen molar-refractivity contribution in [2.75, 3.05) is 6.54 Å². The van der Waals surface area contributed by atoms with Crippen molar-refractivity contribution < 1.29 is 23.6 Å². The highest BCUT2D eigenvalue weighted by Gasteiger charge is 2.18. The molecule has 2 aromatic rings. The van der Waals surface area contributed by atoms with E-state index in [0.717, 1.165) is 12.1 Å². The molecule has 9 heteroatoms. The van der Waals surface area contributed by atoms with Crippen LogP contribution in [0.3, 0.4) is 0 Å². The number of amides is 1. The van der Waals surface area contributed by atoms with Crippen molar-refractivity contribution in [2.45, 2.75) is 19.4 Å². The van der Waals surface area contributed by atoms with Crippen LogP contribution in [0.15, 0.2) is 64.5 Å².